The van der Waals surface area contributed by atoms with Gasteiger partial charge in [-0.1, -0.05) is 13.8 Å². The molecule has 2 unspecified atom stereocenters. The number of aliphatic imine (C=N–C) groups is 1. The Kier molecular flexibility index (Phi) is 3.19. The van der Waals surface area contributed by atoms with Crippen LogP contribution in [0.3, 0.4) is 0 Å². The standard InChI is InChI=1S/C15H18F2N4O/c1-7(2)13(22)10-4-9-11(6-19-10)20-14(18)21-8(3)15(16,17)5-12(9)21/h4,6-8,12H,5H2,1-3H3,(H2,18,20). The minimum Gasteiger partial charge on any atom is -0.369 e. The average Bonchev–Trinajstić information content (AvgIpc) is 2.69. The van der Waals surface area contributed by atoms with Crippen LogP contribution in [-0.2, 0) is 0 Å². The van der Waals surface area contributed by atoms with Crippen LogP contribution in [0.2, 0.25) is 0 Å². The van der Waals surface area contributed by atoms with Crippen LogP contribution >= 0.6 is 0 Å². The Morgan fingerprint density at radius 2 is 2.18 bits per heavy atom. The van der Waals surface area contributed by atoms with E-state index in [1.165, 1.54) is 18.0 Å². The number of guanidine groups is 1. The SMILES string of the molecule is CC(C)C(=O)c1cc2c(cn1)N=C(N)N1C2CC(F)(F)C1C. The van der Waals surface area contributed by atoms with E-state index in [0.29, 0.717) is 11.3 Å². The third-order valence-electron chi connectivity index (χ3n) is 4.38. The van der Waals surface area contributed by atoms with Crippen LogP contribution in [0.4, 0.5) is 14.5 Å². The monoisotopic (exact) mass is 308 g/mol. The van der Waals surface area contributed by atoms with Crippen molar-refractivity contribution in [2.24, 2.45) is 16.6 Å². The zero-order valence-electron chi connectivity index (χ0n) is 12.7. The van der Waals surface area contributed by atoms with Gasteiger partial charge in [-0.2, -0.15) is 0 Å². The number of nitrogens with zero attached hydrogens (tertiary/aromatic N) is 3. The lowest BCUT2D eigenvalue weighted by molar-refractivity contribution is -0.0169. The molecule has 0 saturated carbocycles. The summed E-state index contributed by atoms with van der Waals surface area (Å²) in [5, 5.41) is 0. The normalized spacial score (nSPS) is 25.7. The Morgan fingerprint density at radius 3 is 2.82 bits per heavy atom. The molecule has 3 heterocycles. The molecule has 3 rings (SSSR count). The Balaban J connectivity index is 2.09. The number of ketones is 1. The number of alkyl halides is 2. The van der Waals surface area contributed by atoms with E-state index >= 15 is 0 Å². The maximum absolute atomic E-state index is 14.1. The second-order valence-electron chi connectivity index (χ2n) is 6.18. The molecule has 1 saturated heterocycles. The first-order valence-electron chi connectivity index (χ1n) is 7.27. The second kappa shape index (κ2) is 4.72. The molecule has 0 spiro atoms. The van der Waals surface area contributed by atoms with E-state index in [0.717, 1.165) is 0 Å². The first-order valence-corrected chi connectivity index (χ1v) is 7.27. The van der Waals surface area contributed by atoms with Crippen molar-refractivity contribution in [1.29, 1.82) is 0 Å². The molecule has 5 nitrogen and oxygen atoms in total. The summed E-state index contributed by atoms with van der Waals surface area (Å²) in [5.74, 6) is -3.10. The highest BCUT2D eigenvalue weighted by Crippen LogP contribution is 2.49. The van der Waals surface area contributed by atoms with Gasteiger partial charge in [0.1, 0.15) is 5.69 Å². The van der Waals surface area contributed by atoms with Gasteiger partial charge in [0, 0.05) is 17.9 Å². The minimum absolute atomic E-state index is 0.0758. The minimum atomic E-state index is -2.85. The van der Waals surface area contributed by atoms with Crippen molar-refractivity contribution in [1.82, 2.24) is 9.88 Å². The fourth-order valence-electron chi connectivity index (χ4n) is 3.05. The van der Waals surface area contributed by atoms with Crippen molar-refractivity contribution in [2.45, 2.75) is 45.2 Å². The van der Waals surface area contributed by atoms with Gasteiger partial charge in [0.05, 0.1) is 24.0 Å². The molecule has 22 heavy (non-hydrogen) atoms. The highest BCUT2D eigenvalue weighted by molar-refractivity contribution is 5.96. The number of carbonyl (C=O) groups excluding carboxylic acids is 1. The van der Waals surface area contributed by atoms with Crippen LogP contribution in [0, 0.1) is 5.92 Å². The van der Waals surface area contributed by atoms with Crippen LogP contribution in [0.1, 0.15) is 49.3 Å². The maximum Gasteiger partial charge on any atom is 0.270 e. The predicted octanol–water partition coefficient (Wildman–Crippen LogP) is 2.65. The largest absolute Gasteiger partial charge is 0.369 e. The number of carbonyl (C=O) groups is 1. The van der Waals surface area contributed by atoms with Gasteiger partial charge >= 0.3 is 0 Å². The second-order valence-corrected chi connectivity index (χ2v) is 6.18. The van der Waals surface area contributed by atoms with Crippen molar-refractivity contribution in [3.05, 3.63) is 23.5 Å². The lowest BCUT2D eigenvalue weighted by atomic mass is 9.98. The molecule has 2 aliphatic rings. The summed E-state index contributed by atoms with van der Waals surface area (Å²) < 4.78 is 28.1. The first-order chi connectivity index (χ1) is 10.2. The molecule has 1 fully saturated rings. The molecule has 0 aliphatic carbocycles. The molecule has 7 heteroatoms. The molecule has 0 amide bonds. The highest BCUT2D eigenvalue weighted by Gasteiger charge is 2.54. The summed E-state index contributed by atoms with van der Waals surface area (Å²) >= 11 is 0. The number of rotatable bonds is 2. The molecule has 1 aromatic rings. The van der Waals surface area contributed by atoms with E-state index in [2.05, 4.69) is 9.98 Å². The van der Waals surface area contributed by atoms with Crippen LogP contribution in [-0.4, -0.2) is 33.6 Å². The van der Waals surface area contributed by atoms with Gasteiger partial charge in [-0.05, 0) is 13.0 Å². The van der Waals surface area contributed by atoms with Gasteiger partial charge in [0.25, 0.3) is 5.92 Å². The molecule has 118 valence electrons. The number of hydrogen-bond acceptors (Lipinski definition) is 5. The maximum atomic E-state index is 14.1. The predicted molar refractivity (Wildman–Crippen MR) is 78.3 cm³/mol. The summed E-state index contributed by atoms with van der Waals surface area (Å²) in [7, 11) is 0. The summed E-state index contributed by atoms with van der Waals surface area (Å²) in [6, 6.07) is -0.00891. The van der Waals surface area contributed by atoms with E-state index in [-0.39, 0.29) is 29.8 Å². The number of aromatic nitrogens is 1. The van der Waals surface area contributed by atoms with E-state index in [1.54, 1.807) is 19.9 Å². The third kappa shape index (κ3) is 2.07. The number of Topliss-reactive ketones (excluding diaryl/α,β-unsaturated/α-hetero) is 1. The summed E-state index contributed by atoms with van der Waals surface area (Å²) in [6.45, 7) is 4.99. The lowest BCUT2D eigenvalue weighted by Gasteiger charge is -2.33. The summed E-state index contributed by atoms with van der Waals surface area (Å²) in [5.41, 5.74) is 7.18. The fraction of sp³-hybridized carbons (Fsp3) is 0.533. The van der Waals surface area contributed by atoms with E-state index in [9.17, 15) is 13.6 Å². The van der Waals surface area contributed by atoms with Gasteiger partial charge in [-0.15, -0.1) is 0 Å². The van der Waals surface area contributed by atoms with Crippen LogP contribution < -0.4 is 5.73 Å². The Labute approximate surface area is 127 Å². The van der Waals surface area contributed by atoms with Gasteiger partial charge in [-0.3, -0.25) is 9.78 Å². The van der Waals surface area contributed by atoms with Crippen molar-refractivity contribution in [3.63, 3.8) is 0 Å². The zero-order chi connectivity index (χ0) is 16.2. The molecule has 0 radical (unpaired) electrons. The van der Waals surface area contributed by atoms with E-state index in [4.69, 9.17) is 5.73 Å². The highest BCUT2D eigenvalue weighted by atomic mass is 19.3. The van der Waals surface area contributed by atoms with Gasteiger partial charge in [0.15, 0.2) is 11.7 Å². The number of pyridine rings is 1. The topological polar surface area (TPSA) is 71.6 Å². The Bertz CT molecular complexity index is 672. The third-order valence-corrected chi connectivity index (χ3v) is 4.38. The molecule has 1 aromatic heterocycles. The Hall–Kier alpha value is -2.05. The van der Waals surface area contributed by atoms with Gasteiger partial charge < -0.3 is 10.6 Å². The quantitative estimate of drug-likeness (QED) is 0.853. The molecular weight excluding hydrogens is 290 g/mol. The first kappa shape index (κ1) is 14.9. The molecule has 2 atom stereocenters. The molecule has 2 aliphatic heterocycles. The fourth-order valence-corrected chi connectivity index (χ4v) is 3.05. The van der Waals surface area contributed by atoms with Gasteiger partial charge in [0.2, 0.25) is 0 Å². The van der Waals surface area contributed by atoms with Gasteiger partial charge in [-0.25, -0.2) is 13.8 Å². The Morgan fingerprint density at radius 1 is 1.50 bits per heavy atom. The number of hydrogen-bond donors (Lipinski definition) is 1. The smallest absolute Gasteiger partial charge is 0.270 e. The molecule has 2 N–H and O–H groups in total. The van der Waals surface area contributed by atoms with Crippen LogP contribution in [0.25, 0.3) is 0 Å². The number of halogens is 2. The van der Waals surface area contributed by atoms with E-state index in [1.807, 2.05) is 0 Å². The van der Waals surface area contributed by atoms with Crippen molar-refractivity contribution < 1.29 is 13.6 Å². The molecular formula is C15H18F2N4O. The van der Waals surface area contributed by atoms with Crippen LogP contribution in [0.5, 0.6) is 0 Å². The average molecular weight is 308 g/mol. The molecule has 0 bridgehead atoms. The van der Waals surface area contributed by atoms with Crippen molar-refractivity contribution >= 4 is 17.4 Å². The van der Waals surface area contributed by atoms with Crippen molar-refractivity contribution in [3.8, 4) is 0 Å². The zero-order valence-corrected chi connectivity index (χ0v) is 12.7. The number of nitrogens with two attached hydrogens (primary N) is 1. The molecule has 0 aromatic carbocycles. The summed E-state index contributed by atoms with van der Waals surface area (Å²) in [6.07, 6.45) is 1.10. The van der Waals surface area contributed by atoms with Crippen LogP contribution in [0.15, 0.2) is 17.3 Å². The van der Waals surface area contributed by atoms with E-state index < -0.39 is 18.0 Å². The lowest BCUT2D eigenvalue weighted by Crippen LogP contribution is -2.46. The van der Waals surface area contributed by atoms with Crippen molar-refractivity contribution in [2.75, 3.05) is 0 Å². The number of fused-ring (bicyclic) bond motifs is 3. The summed E-state index contributed by atoms with van der Waals surface area (Å²) in [4.78, 5) is 21.8.